The van der Waals surface area contributed by atoms with Gasteiger partial charge >= 0.3 is 0 Å². The van der Waals surface area contributed by atoms with Crippen LogP contribution in [0.4, 0.5) is 0 Å². The zero-order valence-electron chi connectivity index (χ0n) is 10.4. The van der Waals surface area contributed by atoms with Gasteiger partial charge in [0.05, 0.1) is 6.10 Å². The molecule has 0 saturated heterocycles. The van der Waals surface area contributed by atoms with Gasteiger partial charge in [0.15, 0.2) is 0 Å². The van der Waals surface area contributed by atoms with E-state index < -0.39 is 0 Å². The predicted molar refractivity (Wildman–Crippen MR) is 65.2 cm³/mol. The number of nitrogens with one attached hydrogen (secondary N) is 1. The molecule has 0 spiro atoms. The Morgan fingerprint density at radius 3 is 2.60 bits per heavy atom. The molecule has 0 unspecified atom stereocenters. The standard InChI is InChI=1S/C13H27NO/c1-3-7-13(15-2)10-6-11-14-12-8-4-5-9-12/h12-14H,3-11H2,1-2H3/t13-/m1/s1. The molecule has 2 heteroatoms. The van der Waals surface area contributed by atoms with Crippen LogP contribution in [-0.2, 0) is 4.74 Å². The van der Waals surface area contributed by atoms with Crippen LogP contribution in [0.25, 0.3) is 0 Å². The molecule has 0 aromatic rings. The largest absolute Gasteiger partial charge is 0.381 e. The Morgan fingerprint density at radius 1 is 1.27 bits per heavy atom. The Balaban J connectivity index is 1.94. The van der Waals surface area contributed by atoms with Gasteiger partial charge in [0.1, 0.15) is 0 Å². The van der Waals surface area contributed by atoms with E-state index in [1.165, 1.54) is 57.9 Å². The van der Waals surface area contributed by atoms with Crippen LogP contribution in [0, 0.1) is 0 Å². The van der Waals surface area contributed by atoms with Gasteiger partial charge in [-0.25, -0.2) is 0 Å². The monoisotopic (exact) mass is 213 g/mol. The number of hydrogen-bond acceptors (Lipinski definition) is 2. The lowest BCUT2D eigenvalue weighted by Crippen LogP contribution is -2.27. The Bertz CT molecular complexity index is 143. The summed E-state index contributed by atoms with van der Waals surface area (Å²) in [5.41, 5.74) is 0. The maximum Gasteiger partial charge on any atom is 0.0571 e. The van der Waals surface area contributed by atoms with E-state index in [-0.39, 0.29) is 0 Å². The summed E-state index contributed by atoms with van der Waals surface area (Å²) in [6.45, 7) is 3.40. The molecule has 15 heavy (non-hydrogen) atoms. The number of hydrogen-bond donors (Lipinski definition) is 1. The van der Waals surface area contributed by atoms with Gasteiger partial charge in [0.25, 0.3) is 0 Å². The maximum atomic E-state index is 5.43. The van der Waals surface area contributed by atoms with E-state index in [4.69, 9.17) is 4.74 Å². The fraction of sp³-hybridized carbons (Fsp3) is 1.00. The van der Waals surface area contributed by atoms with Crippen molar-refractivity contribution in [3.8, 4) is 0 Å². The smallest absolute Gasteiger partial charge is 0.0571 e. The van der Waals surface area contributed by atoms with Gasteiger partial charge in [-0.15, -0.1) is 0 Å². The van der Waals surface area contributed by atoms with Crippen molar-refractivity contribution >= 4 is 0 Å². The third-order valence-electron chi connectivity index (χ3n) is 3.44. The molecule has 0 heterocycles. The third kappa shape index (κ3) is 5.53. The van der Waals surface area contributed by atoms with Crippen molar-refractivity contribution in [2.45, 2.75) is 70.4 Å². The van der Waals surface area contributed by atoms with E-state index in [1.807, 2.05) is 7.11 Å². The first-order valence-electron chi connectivity index (χ1n) is 6.63. The van der Waals surface area contributed by atoms with Crippen LogP contribution in [0.2, 0.25) is 0 Å². The van der Waals surface area contributed by atoms with E-state index in [0.717, 1.165) is 6.04 Å². The zero-order chi connectivity index (χ0) is 10.9. The summed E-state index contributed by atoms with van der Waals surface area (Å²) in [6.07, 6.45) is 11.0. The highest BCUT2D eigenvalue weighted by molar-refractivity contribution is 4.73. The molecule has 0 radical (unpaired) electrons. The van der Waals surface area contributed by atoms with E-state index in [2.05, 4.69) is 12.2 Å². The highest BCUT2D eigenvalue weighted by atomic mass is 16.5. The molecule has 1 fully saturated rings. The first kappa shape index (κ1) is 13.0. The van der Waals surface area contributed by atoms with Crippen molar-refractivity contribution in [2.24, 2.45) is 0 Å². The molecule has 1 saturated carbocycles. The van der Waals surface area contributed by atoms with Crippen molar-refractivity contribution in [3.63, 3.8) is 0 Å². The van der Waals surface area contributed by atoms with E-state index in [9.17, 15) is 0 Å². The summed E-state index contributed by atoms with van der Waals surface area (Å²) in [7, 11) is 1.84. The van der Waals surface area contributed by atoms with Crippen LogP contribution >= 0.6 is 0 Å². The Hall–Kier alpha value is -0.0800. The first-order chi connectivity index (χ1) is 7.36. The van der Waals surface area contributed by atoms with Crippen molar-refractivity contribution in [3.05, 3.63) is 0 Å². The van der Waals surface area contributed by atoms with Crippen LogP contribution in [0.3, 0.4) is 0 Å². The lowest BCUT2D eigenvalue weighted by Gasteiger charge is -2.16. The number of rotatable bonds is 8. The molecular weight excluding hydrogens is 186 g/mol. The molecule has 0 bridgehead atoms. The molecule has 0 aromatic heterocycles. The summed E-state index contributed by atoms with van der Waals surface area (Å²) in [5.74, 6) is 0. The van der Waals surface area contributed by atoms with Crippen LogP contribution in [0.5, 0.6) is 0 Å². The van der Waals surface area contributed by atoms with Gasteiger partial charge in [0, 0.05) is 13.2 Å². The summed E-state index contributed by atoms with van der Waals surface area (Å²) in [4.78, 5) is 0. The average Bonchev–Trinajstić information content (AvgIpc) is 2.75. The van der Waals surface area contributed by atoms with Gasteiger partial charge in [-0.3, -0.25) is 0 Å². The quantitative estimate of drug-likeness (QED) is 0.626. The minimum atomic E-state index is 0.486. The molecule has 90 valence electrons. The molecule has 0 aromatic carbocycles. The third-order valence-corrected chi connectivity index (χ3v) is 3.44. The lowest BCUT2D eigenvalue weighted by atomic mass is 10.1. The average molecular weight is 213 g/mol. The van der Waals surface area contributed by atoms with Crippen molar-refractivity contribution in [1.82, 2.24) is 5.32 Å². The van der Waals surface area contributed by atoms with Crippen molar-refractivity contribution < 1.29 is 4.74 Å². The van der Waals surface area contributed by atoms with Crippen molar-refractivity contribution in [1.29, 1.82) is 0 Å². The number of methoxy groups -OCH3 is 1. The highest BCUT2D eigenvalue weighted by Gasteiger charge is 2.13. The number of ether oxygens (including phenoxy) is 1. The van der Waals surface area contributed by atoms with E-state index in [0.29, 0.717) is 6.10 Å². The van der Waals surface area contributed by atoms with Gasteiger partial charge in [-0.2, -0.15) is 0 Å². The topological polar surface area (TPSA) is 21.3 Å². The minimum Gasteiger partial charge on any atom is -0.381 e. The second kappa shape index (κ2) is 8.12. The molecule has 1 atom stereocenters. The predicted octanol–water partition coefficient (Wildman–Crippen LogP) is 3.11. The first-order valence-corrected chi connectivity index (χ1v) is 6.63. The molecule has 1 rings (SSSR count). The molecule has 1 aliphatic rings. The normalized spacial score (nSPS) is 19.6. The van der Waals surface area contributed by atoms with Crippen LogP contribution in [0.15, 0.2) is 0 Å². The van der Waals surface area contributed by atoms with Gasteiger partial charge in [-0.05, 0) is 38.6 Å². The molecule has 1 aliphatic carbocycles. The molecule has 0 amide bonds. The summed E-state index contributed by atoms with van der Waals surface area (Å²) >= 11 is 0. The summed E-state index contributed by atoms with van der Waals surface area (Å²) in [6, 6.07) is 0.817. The molecular formula is C13H27NO. The SMILES string of the molecule is CCC[C@H](CCCNC1CCCC1)OC. The Labute approximate surface area is 94.8 Å². The Kier molecular flexibility index (Phi) is 7.03. The molecule has 2 nitrogen and oxygen atoms in total. The van der Waals surface area contributed by atoms with E-state index in [1.54, 1.807) is 0 Å². The fourth-order valence-corrected chi connectivity index (χ4v) is 2.47. The van der Waals surface area contributed by atoms with Crippen LogP contribution < -0.4 is 5.32 Å². The second-order valence-corrected chi connectivity index (χ2v) is 4.72. The lowest BCUT2D eigenvalue weighted by molar-refractivity contribution is 0.0854. The maximum absolute atomic E-state index is 5.43. The molecule has 1 N–H and O–H groups in total. The van der Waals surface area contributed by atoms with Crippen molar-refractivity contribution in [2.75, 3.05) is 13.7 Å². The summed E-state index contributed by atoms with van der Waals surface area (Å²) < 4.78 is 5.43. The van der Waals surface area contributed by atoms with Gasteiger partial charge in [-0.1, -0.05) is 26.2 Å². The Morgan fingerprint density at radius 2 is 2.00 bits per heavy atom. The zero-order valence-corrected chi connectivity index (χ0v) is 10.4. The van der Waals surface area contributed by atoms with Crippen LogP contribution in [0.1, 0.15) is 58.3 Å². The summed E-state index contributed by atoms with van der Waals surface area (Å²) in [5, 5.41) is 3.65. The van der Waals surface area contributed by atoms with Gasteiger partial charge < -0.3 is 10.1 Å². The van der Waals surface area contributed by atoms with Gasteiger partial charge in [0.2, 0.25) is 0 Å². The molecule has 0 aliphatic heterocycles. The minimum absolute atomic E-state index is 0.486. The van der Waals surface area contributed by atoms with E-state index >= 15 is 0 Å². The highest BCUT2D eigenvalue weighted by Crippen LogP contribution is 2.17. The second-order valence-electron chi connectivity index (χ2n) is 4.72. The van der Waals surface area contributed by atoms with Crippen LogP contribution in [-0.4, -0.2) is 25.8 Å². The fourth-order valence-electron chi connectivity index (χ4n) is 2.47.